The van der Waals surface area contributed by atoms with Gasteiger partial charge in [-0.25, -0.2) is 0 Å². The van der Waals surface area contributed by atoms with Crippen molar-refractivity contribution in [3.05, 3.63) is 88.9 Å². The predicted octanol–water partition coefficient (Wildman–Crippen LogP) is 4.98. The molecule has 0 bridgehead atoms. The van der Waals surface area contributed by atoms with Crippen LogP contribution in [0.1, 0.15) is 17.2 Å². The highest BCUT2D eigenvalue weighted by molar-refractivity contribution is 6.32. The summed E-state index contributed by atoms with van der Waals surface area (Å²) in [7, 11) is 1.52. The number of nitriles is 1. The van der Waals surface area contributed by atoms with Gasteiger partial charge in [0, 0.05) is 11.3 Å². The standard InChI is InChI=1S/C22H17ClN2O3/c1-27-20-12-9-17(13-19(20)23)25-22(26)21(16-5-3-2-4-6-16)28-18-10-7-15(14-24)8-11-18/h2-13,21H,1H3,(H,25,26). The number of halogens is 1. The number of carbonyl (C=O) groups is 1. The Bertz CT molecular complexity index is 999. The van der Waals surface area contributed by atoms with Gasteiger partial charge in [-0.05, 0) is 42.5 Å². The van der Waals surface area contributed by atoms with Crippen molar-refractivity contribution in [2.75, 3.05) is 12.4 Å². The van der Waals surface area contributed by atoms with E-state index in [4.69, 9.17) is 26.3 Å². The number of benzene rings is 3. The highest BCUT2D eigenvalue weighted by Crippen LogP contribution is 2.29. The van der Waals surface area contributed by atoms with Crippen LogP contribution in [0.3, 0.4) is 0 Å². The third kappa shape index (κ3) is 4.61. The quantitative estimate of drug-likeness (QED) is 0.642. The summed E-state index contributed by atoms with van der Waals surface area (Å²) in [5.74, 6) is 0.653. The Kier molecular flexibility index (Phi) is 6.15. The highest BCUT2D eigenvalue weighted by atomic mass is 35.5. The van der Waals surface area contributed by atoms with E-state index in [9.17, 15) is 4.79 Å². The van der Waals surface area contributed by atoms with Crippen LogP contribution in [-0.4, -0.2) is 13.0 Å². The van der Waals surface area contributed by atoms with Gasteiger partial charge < -0.3 is 14.8 Å². The maximum Gasteiger partial charge on any atom is 0.270 e. The Morgan fingerprint density at radius 1 is 1.07 bits per heavy atom. The van der Waals surface area contributed by atoms with E-state index in [0.717, 1.165) is 0 Å². The SMILES string of the molecule is COc1ccc(NC(=O)C(Oc2ccc(C#N)cc2)c2ccccc2)cc1Cl. The van der Waals surface area contributed by atoms with Crippen LogP contribution in [0, 0.1) is 11.3 Å². The summed E-state index contributed by atoms with van der Waals surface area (Å²) in [6.45, 7) is 0. The summed E-state index contributed by atoms with van der Waals surface area (Å²) in [4.78, 5) is 12.9. The number of rotatable bonds is 6. The van der Waals surface area contributed by atoms with Crippen LogP contribution in [0.15, 0.2) is 72.8 Å². The van der Waals surface area contributed by atoms with Crippen molar-refractivity contribution in [2.24, 2.45) is 0 Å². The zero-order valence-electron chi connectivity index (χ0n) is 15.1. The average Bonchev–Trinajstić information content (AvgIpc) is 2.73. The van der Waals surface area contributed by atoms with Crippen LogP contribution >= 0.6 is 11.6 Å². The van der Waals surface area contributed by atoms with E-state index in [-0.39, 0.29) is 5.91 Å². The average molecular weight is 393 g/mol. The van der Waals surface area contributed by atoms with Crippen molar-refractivity contribution >= 4 is 23.2 Å². The molecule has 0 radical (unpaired) electrons. The summed E-state index contributed by atoms with van der Waals surface area (Å²) < 4.78 is 11.1. The van der Waals surface area contributed by atoms with Gasteiger partial charge in [0.25, 0.3) is 5.91 Å². The molecule has 0 heterocycles. The van der Waals surface area contributed by atoms with E-state index in [2.05, 4.69) is 11.4 Å². The Balaban J connectivity index is 1.84. The lowest BCUT2D eigenvalue weighted by molar-refractivity contribution is -0.123. The number of hydrogen-bond acceptors (Lipinski definition) is 4. The molecule has 3 rings (SSSR count). The maximum atomic E-state index is 12.9. The zero-order valence-corrected chi connectivity index (χ0v) is 15.8. The Hall–Kier alpha value is -3.49. The van der Waals surface area contributed by atoms with Gasteiger partial charge in [0.15, 0.2) is 0 Å². The number of nitrogens with one attached hydrogen (secondary N) is 1. The van der Waals surface area contributed by atoms with Crippen molar-refractivity contribution in [1.29, 1.82) is 5.26 Å². The van der Waals surface area contributed by atoms with E-state index in [1.54, 1.807) is 42.5 Å². The zero-order chi connectivity index (χ0) is 19.9. The van der Waals surface area contributed by atoms with E-state index in [1.807, 2.05) is 30.3 Å². The fourth-order valence-corrected chi connectivity index (χ4v) is 2.85. The van der Waals surface area contributed by atoms with Gasteiger partial charge >= 0.3 is 0 Å². The number of anilines is 1. The van der Waals surface area contributed by atoms with E-state index < -0.39 is 6.10 Å². The molecule has 1 N–H and O–H groups in total. The molecule has 0 aliphatic rings. The number of amides is 1. The smallest absolute Gasteiger partial charge is 0.270 e. The van der Waals surface area contributed by atoms with E-state index in [1.165, 1.54) is 7.11 Å². The molecule has 0 saturated carbocycles. The lowest BCUT2D eigenvalue weighted by Crippen LogP contribution is -2.25. The van der Waals surface area contributed by atoms with E-state index >= 15 is 0 Å². The summed E-state index contributed by atoms with van der Waals surface area (Å²) in [5.41, 5.74) is 1.74. The molecule has 0 aromatic heterocycles. The minimum absolute atomic E-state index is 0.350. The number of ether oxygens (including phenoxy) is 2. The molecule has 0 spiro atoms. The molecule has 0 fully saturated rings. The molecule has 3 aromatic rings. The van der Waals surface area contributed by atoms with Gasteiger partial charge in [-0.15, -0.1) is 0 Å². The van der Waals surface area contributed by atoms with Gasteiger partial charge in [0.05, 0.1) is 23.8 Å². The molecule has 0 aliphatic heterocycles. The van der Waals surface area contributed by atoms with Gasteiger partial charge in [-0.3, -0.25) is 4.79 Å². The van der Waals surface area contributed by atoms with Crippen LogP contribution in [0.4, 0.5) is 5.69 Å². The molecule has 1 amide bonds. The van der Waals surface area contributed by atoms with E-state index in [0.29, 0.717) is 33.3 Å². The monoisotopic (exact) mass is 392 g/mol. The summed E-state index contributed by atoms with van der Waals surface area (Å²) >= 11 is 6.13. The minimum atomic E-state index is -0.880. The second-order valence-corrected chi connectivity index (χ2v) is 6.29. The molecule has 1 unspecified atom stereocenters. The van der Waals surface area contributed by atoms with Gasteiger partial charge in [-0.1, -0.05) is 41.9 Å². The Morgan fingerprint density at radius 2 is 1.79 bits per heavy atom. The van der Waals surface area contributed by atoms with Crippen LogP contribution in [0.2, 0.25) is 5.02 Å². The van der Waals surface area contributed by atoms with Crippen LogP contribution in [-0.2, 0) is 4.79 Å². The lowest BCUT2D eigenvalue weighted by Gasteiger charge is -2.19. The fraction of sp³-hybridized carbons (Fsp3) is 0.0909. The van der Waals surface area contributed by atoms with Crippen molar-refractivity contribution < 1.29 is 14.3 Å². The van der Waals surface area contributed by atoms with Gasteiger partial charge in [-0.2, -0.15) is 5.26 Å². The molecule has 1 atom stereocenters. The Morgan fingerprint density at radius 3 is 2.39 bits per heavy atom. The number of hydrogen-bond donors (Lipinski definition) is 1. The van der Waals surface area contributed by atoms with Gasteiger partial charge in [0.1, 0.15) is 11.5 Å². The maximum absolute atomic E-state index is 12.9. The second kappa shape index (κ2) is 8.94. The molecular formula is C22H17ClN2O3. The molecular weight excluding hydrogens is 376 g/mol. The molecule has 28 heavy (non-hydrogen) atoms. The van der Waals surface area contributed by atoms with Gasteiger partial charge in [0.2, 0.25) is 6.10 Å². The Labute approximate surface area is 168 Å². The number of carbonyl (C=O) groups excluding carboxylic acids is 1. The second-order valence-electron chi connectivity index (χ2n) is 5.88. The number of methoxy groups -OCH3 is 1. The van der Waals surface area contributed by atoms with Crippen molar-refractivity contribution in [1.82, 2.24) is 0 Å². The molecule has 0 aliphatic carbocycles. The summed E-state index contributed by atoms with van der Waals surface area (Å²) in [5, 5.41) is 12.1. The first-order chi connectivity index (χ1) is 13.6. The largest absolute Gasteiger partial charge is 0.495 e. The number of nitrogens with zero attached hydrogens (tertiary/aromatic N) is 1. The third-order valence-corrected chi connectivity index (χ3v) is 4.29. The van der Waals surface area contributed by atoms with Crippen molar-refractivity contribution in [2.45, 2.75) is 6.10 Å². The molecule has 3 aromatic carbocycles. The molecule has 5 nitrogen and oxygen atoms in total. The normalized spacial score (nSPS) is 11.2. The fourth-order valence-electron chi connectivity index (χ4n) is 2.60. The summed E-state index contributed by atoms with van der Waals surface area (Å²) in [6.07, 6.45) is -0.880. The molecule has 140 valence electrons. The van der Waals surface area contributed by atoms with Crippen molar-refractivity contribution in [3.63, 3.8) is 0 Å². The molecule has 6 heteroatoms. The van der Waals surface area contributed by atoms with Crippen molar-refractivity contribution in [3.8, 4) is 17.6 Å². The summed E-state index contributed by atoms with van der Waals surface area (Å²) in [6, 6.07) is 22.8. The first-order valence-corrected chi connectivity index (χ1v) is 8.84. The minimum Gasteiger partial charge on any atom is -0.495 e. The molecule has 0 saturated heterocycles. The highest BCUT2D eigenvalue weighted by Gasteiger charge is 2.23. The van der Waals surface area contributed by atoms with Crippen LogP contribution < -0.4 is 14.8 Å². The third-order valence-electron chi connectivity index (χ3n) is 4.00. The van der Waals surface area contributed by atoms with Crippen LogP contribution in [0.25, 0.3) is 0 Å². The first kappa shape index (κ1) is 19.3. The lowest BCUT2D eigenvalue weighted by atomic mass is 10.1. The first-order valence-electron chi connectivity index (χ1n) is 8.47. The topological polar surface area (TPSA) is 71.3 Å². The predicted molar refractivity (Wildman–Crippen MR) is 108 cm³/mol. The van der Waals surface area contributed by atoms with Crippen LogP contribution in [0.5, 0.6) is 11.5 Å².